The topological polar surface area (TPSA) is 55.9 Å². The van der Waals surface area contributed by atoms with Crippen LogP contribution in [0.5, 0.6) is 0 Å². The summed E-state index contributed by atoms with van der Waals surface area (Å²) in [6, 6.07) is 4.42. The number of halogens is 2. The lowest BCUT2D eigenvalue weighted by Crippen LogP contribution is -2.30. The third-order valence-corrected chi connectivity index (χ3v) is 3.67. The Bertz CT molecular complexity index is 562. The summed E-state index contributed by atoms with van der Waals surface area (Å²) in [5.74, 6) is 5.25. The smallest absolute Gasteiger partial charge is 0.127 e. The Hall–Kier alpha value is -1.43. The minimum absolute atomic E-state index is 0.233. The van der Waals surface area contributed by atoms with Crippen LogP contribution in [-0.4, -0.2) is 9.78 Å². The van der Waals surface area contributed by atoms with E-state index in [0.717, 1.165) is 11.3 Å². The van der Waals surface area contributed by atoms with Crippen LogP contribution < -0.4 is 11.3 Å². The molecule has 0 saturated heterocycles. The highest BCUT2D eigenvalue weighted by Gasteiger charge is 2.19. The summed E-state index contributed by atoms with van der Waals surface area (Å²) in [6.07, 6.45) is 2.10. The Labute approximate surface area is 116 Å². The molecule has 0 aliphatic carbocycles. The largest absolute Gasteiger partial charge is 0.273 e. The summed E-state index contributed by atoms with van der Waals surface area (Å²) in [6.45, 7) is 1.94. The molecule has 0 amide bonds. The van der Waals surface area contributed by atoms with Gasteiger partial charge in [-0.05, 0) is 25.5 Å². The number of hydrazine groups is 1. The van der Waals surface area contributed by atoms with Crippen molar-refractivity contribution in [2.45, 2.75) is 19.4 Å². The maximum atomic E-state index is 13.8. The molecule has 1 unspecified atom stereocenters. The van der Waals surface area contributed by atoms with Crippen LogP contribution in [0.4, 0.5) is 4.39 Å². The third-order valence-electron chi connectivity index (χ3n) is 3.32. The molecular formula is C13H16ClFN4. The maximum absolute atomic E-state index is 13.8. The van der Waals surface area contributed by atoms with Crippen molar-refractivity contribution in [1.29, 1.82) is 0 Å². The Morgan fingerprint density at radius 2 is 2.26 bits per heavy atom. The van der Waals surface area contributed by atoms with Gasteiger partial charge in [-0.2, -0.15) is 5.10 Å². The van der Waals surface area contributed by atoms with Crippen molar-refractivity contribution in [3.8, 4) is 0 Å². The number of hydrogen-bond acceptors (Lipinski definition) is 3. The van der Waals surface area contributed by atoms with Crippen molar-refractivity contribution in [3.05, 3.63) is 52.1 Å². The summed E-state index contributed by atoms with van der Waals surface area (Å²) in [5, 5.41) is 4.57. The lowest BCUT2D eigenvalue weighted by atomic mass is 9.99. The van der Waals surface area contributed by atoms with Gasteiger partial charge in [0.25, 0.3) is 0 Å². The number of benzene rings is 1. The molecule has 2 rings (SSSR count). The van der Waals surface area contributed by atoms with Gasteiger partial charge in [0.1, 0.15) is 5.82 Å². The lowest BCUT2D eigenvalue weighted by Gasteiger charge is -2.17. The Morgan fingerprint density at radius 1 is 1.53 bits per heavy atom. The van der Waals surface area contributed by atoms with Crippen molar-refractivity contribution in [2.75, 3.05) is 0 Å². The average Bonchev–Trinajstić information content (AvgIpc) is 2.71. The molecule has 3 N–H and O–H groups in total. The molecule has 19 heavy (non-hydrogen) atoms. The fourth-order valence-corrected chi connectivity index (χ4v) is 2.29. The predicted octanol–water partition coefficient (Wildman–Crippen LogP) is 2.27. The first-order valence-corrected chi connectivity index (χ1v) is 6.30. The van der Waals surface area contributed by atoms with Crippen LogP contribution in [0.25, 0.3) is 0 Å². The summed E-state index contributed by atoms with van der Waals surface area (Å²) in [7, 11) is 1.85. The molecule has 0 bridgehead atoms. The van der Waals surface area contributed by atoms with Gasteiger partial charge in [0.2, 0.25) is 0 Å². The highest BCUT2D eigenvalue weighted by Crippen LogP contribution is 2.26. The Morgan fingerprint density at radius 3 is 2.79 bits per heavy atom. The summed E-state index contributed by atoms with van der Waals surface area (Å²) >= 11 is 6.03. The molecule has 1 aromatic heterocycles. The van der Waals surface area contributed by atoms with E-state index in [4.69, 9.17) is 17.4 Å². The first-order chi connectivity index (χ1) is 9.04. The van der Waals surface area contributed by atoms with E-state index in [0.29, 0.717) is 17.0 Å². The van der Waals surface area contributed by atoms with E-state index in [1.807, 2.05) is 14.0 Å². The molecule has 1 heterocycles. The van der Waals surface area contributed by atoms with E-state index >= 15 is 0 Å². The van der Waals surface area contributed by atoms with Crippen LogP contribution in [0, 0.1) is 12.7 Å². The first-order valence-electron chi connectivity index (χ1n) is 5.92. The van der Waals surface area contributed by atoms with Crippen molar-refractivity contribution < 1.29 is 4.39 Å². The van der Waals surface area contributed by atoms with Crippen molar-refractivity contribution >= 4 is 11.6 Å². The van der Waals surface area contributed by atoms with Gasteiger partial charge in [-0.3, -0.25) is 16.0 Å². The summed E-state index contributed by atoms with van der Waals surface area (Å²) in [4.78, 5) is 0. The second-order valence-corrected chi connectivity index (χ2v) is 4.84. The van der Waals surface area contributed by atoms with Crippen LogP contribution in [0.3, 0.4) is 0 Å². The second-order valence-electron chi connectivity index (χ2n) is 4.43. The zero-order valence-electron chi connectivity index (χ0n) is 10.8. The highest BCUT2D eigenvalue weighted by molar-refractivity contribution is 6.31. The molecule has 4 nitrogen and oxygen atoms in total. The van der Waals surface area contributed by atoms with Gasteiger partial charge in [-0.25, -0.2) is 4.39 Å². The molecule has 1 atom stereocenters. The van der Waals surface area contributed by atoms with Crippen LogP contribution in [0.2, 0.25) is 5.02 Å². The van der Waals surface area contributed by atoms with Gasteiger partial charge in [-0.1, -0.05) is 17.7 Å². The van der Waals surface area contributed by atoms with E-state index in [-0.39, 0.29) is 11.9 Å². The van der Waals surface area contributed by atoms with Gasteiger partial charge < -0.3 is 0 Å². The molecule has 0 spiro atoms. The summed E-state index contributed by atoms with van der Waals surface area (Å²) in [5.41, 5.74) is 5.07. The standard InChI is InChI=1S/C13H16ClFN4/c1-8-10(7-17-19(8)2)13(18-16)6-9-11(14)4-3-5-12(9)15/h3-5,7,13,18H,6,16H2,1-2H3. The van der Waals surface area contributed by atoms with Crippen molar-refractivity contribution in [1.82, 2.24) is 15.2 Å². The fraction of sp³-hybridized carbons (Fsp3) is 0.308. The molecule has 0 aliphatic rings. The van der Waals surface area contributed by atoms with Crippen LogP contribution in [-0.2, 0) is 13.5 Å². The Balaban J connectivity index is 2.32. The highest BCUT2D eigenvalue weighted by atomic mass is 35.5. The zero-order valence-corrected chi connectivity index (χ0v) is 11.6. The van der Waals surface area contributed by atoms with Crippen LogP contribution in [0.15, 0.2) is 24.4 Å². The van der Waals surface area contributed by atoms with Crippen molar-refractivity contribution in [2.24, 2.45) is 12.9 Å². The maximum Gasteiger partial charge on any atom is 0.127 e. The number of hydrogen-bond donors (Lipinski definition) is 2. The normalized spacial score (nSPS) is 12.7. The lowest BCUT2D eigenvalue weighted by molar-refractivity contribution is 0.526. The minimum atomic E-state index is -0.325. The SMILES string of the molecule is Cc1c(C(Cc2c(F)cccc2Cl)NN)cnn1C. The Kier molecular flexibility index (Phi) is 4.19. The third kappa shape index (κ3) is 2.78. The molecule has 1 aromatic carbocycles. The first kappa shape index (κ1) is 14.0. The van der Waals surface area contributed by atoms with Gasteiger partial charge in [0, 0.05) is 28.9 Å². The zero-order chi connectivity index (χ0) is 14.0. The number of nitrogens with zero attached hydrogens (tertiary/aromatic N) is 2. The van der Waals surface area contributed by atoms with E-state index in [2.05, 4.69) is 10.5 Å². The average molecular weight is 283 g/mol. The quantitative estimate of drug-likeness (QED) is 0.668. The molecule has 0 saturated carbocycles. The molecular weight excluding hydrogens is 267 g/mol. The molecule has 0 aliphatic heterocycles. The molecule has 102 valence electrons. The van der Waals surface area contributed by atoms with Crippen LogP contribution in [0.1, 0.15) is 22.9 Å². The number of nitrogens with one attached hydrogen (secondary N) is 1. The van der Waals surface area contributed by atoms with E-state index < -0.39 is 0 Å². The monoisotopic (exact) mass is 282 g/mol. The number of rotatable bonds is 4. The minimum Gasteiger partial charge on any atom is -0.273 e. The number of aromatic nitrogens is 2. The van der Waals surface area contributed by atoms with Crippen LogP contribution >= 0.6 is 11.6 Å². The van der Waals surface area contributed by atoms with E-state index in [1.165, 1.54) is 6.07 Å². The fourth-order valence-electron chi connectivity index (χ4n) is 2.05. The molecule has 0 radical (unpaired) electrons. The number of aryl methyl sites for hydroxylation is 1. The molecule has 0 fully saturated rings. The molecule has 6 heteroatoms. The molecule has 2 aromatic rings. The predicted molar refractivity (Wildman–Crippen MR) is 73.1 cm³/mol. The summed E-state index contributed by atoms with van der Waals surface area (Å²) < 4.78 is 15.5. The van der Waals surface area contributed by atoms with Gasteiger partial charge in [-0.15, -0.1) is 0 Å². The van der Waals surface area contributed by atoms with E-state index in [1.54, 1.807) is 23.0 Å². The van der Waals surface area contributed by atoms with Gasteiger partial charge >= 0.3 is 0 Å². The van der Waals surface area contributed by atoms with Gasteiger partial charge in [0.05, 0.1) is 12.2 Å². The van der Waals surface area contributed by atoms with E-state index in [9.17, 15) is 4.39 Å². The van der Waals surface area contributed by atoms with Crippen molar-refractivity contribution in [3.63, 3.8) is 0 Å². The van der Waals surface area contributed by atoms with Gasteiger partial charge in [0.15, 0.2) is 0 Å². The second kappa shape index (κ2) is 5.69. The number of nitrogens with two attached hydrogens (primary N) is 1.